The van der Waals surface area contributed by atoms with E-state index in [2.05, 4.69) is 9.59 Å². The second-order valence-electron chi connectivity index (χ2n) is 2.67. The summed E-state index contributed by atoms with van der Waals surface area (Å²) in [7, 11) is 0. The third-order valence-electron chi connectivity index (χ3n) is 1.72. The highest BCUT2D eigenvalue weighted by molar-refractivity contribution is 7.99. The number of thioether (sulfide) groups is 1. The van der Waals surface area contributed by atoms with Crippen molar-refractivity contribution >= 4 is 29.3 Å². The molecular formula is C7H8N2O2S2. The third kappa shape index (κ3) is 2.19. The summed E-state index contributed by atoms with van der Waals surface area (Å²) in [6.45, 7) is 0. The zero-order valence-corrected chi connectivity index (χ0v) is 8.44. The average molecular weight is 216 g/mol. The van der Waals surface area contributed by atoms with Crippen molar-refractivity contribution in [3.05, 3.63) is 11.1 Å². The molecule has 0 aromatic carbocycles. The van der Waals surface area contributed by atoms with Crippen LogP contribution in [0.5, 0.6) is 0 Å². The average Bonchev–Trinajstić information content (AvgIpc) is 2.74. The van der Waals surface area contributed by atoms with Gasteiger partial charge in [0.25, 0.3) is 0 Å². The lowest BCUT2D eigenvalue weighted by Gasteiger charge is -2.08. The van der Waals surface area contributed by atoms with Gasteiger partial charge in [-0.15, -0.1) is 5.10 Å². The van der Waals surface area contributed by atoms with Crippen molar-refractivity contribution in [2.75, 3.05) is 11.5 Å². The largest absolute Gasteiger partial charge is 0.457 e. The van der Waals surface area contributed by atoms with Crippen molar-refractivity contribution in [1.82, 2.24) is 9.59 Å². The molecule has 0 saturated carbocycles. The second kappa shape index (κ2) is 4.06. The number of carbonyl (C=O) groups is 1. The summed E-state index contributed by atoms with van der Waals surface area (Å²) in [6.07, 6.45) is 2.48. The molecule has 6 heteroatoms. The van der Waals surface area contributed by atoms with Crippen LogP contribution in [0.3, 0.4) is 0 Å². The van der Waals surface area contributed by atoms with E-state index in [4.69, 9.17) is 4.74 Å². The van der Waals surface area contributed by atoms with Gasteiger partial charge in [0.05, 0.1) is 6.20 Å². The normalized spacial score (nSPS) is 21.7. The van der Waals surface area contributed by atoms with Crippen molar-refractivity contribution in [2.24, 2.45) is 0 Å². The Hall–Kier alpha value is -0.620. The predicted octanol–water partition coefficient (Wildman–Crippen LogP) is 1.20. The molecule has 2 heterocycles. The quantitative estimate of drug-likeness (QED) is 0.695. The smallest absolute Gasteiger partial charge is 0.351 e. The minimum absolute atomic E-state index is 0.0830. The van der Waals surface area contributed by atoms with E-state index in [0.29, 0.717) is 4.88 Å². The van der Waals surface area contributed by atoms with Crippen molar-refractivity contribution in [2.45, 2.75) is 12.5 Å². The van der Waals surface area contributed by atoms with E-state index in [-0.39, 0.29) is 12.1 Å². The van der Waals surface area contributed by atoms with Crippen LogP contribution >= 0.6 is 23.3 Å². The van der Waals surface area contributed by atoms with Gasteiger partial charge in [-0.2, -0.15) is 11.8 Å². The predicted molar refractivity (Wildman–Crippen MR) is 51.1 cm³/mol. The van der Waals surface area contributed by atoms with Gasteiger partial charge in [0, 0.05) is 5.75 Å². The zero-order chi connectivity index (χ0) is 9.10. The Labute approximate surface area is 83.8 Å². The Balaban J connectivity index is 1.91. The molecule has 0 N–H and O–H groups in total. The maximum Gasteiger partial charge on any atom is 0.351 e. The minimum Gasteiger partial charge on any atom is -0.457 e. The first kappa shape index (κ1) is 8.96. The number of hydrogen-bond acceptors (Lipinski definition) is 6. The highest BCUT2D eigenvalue weighted by atomic mass is 32.2. The van der Waals surface area contributed by atoms with Gasteiger partial charge in [-0.25, -0.2) is 4.79 Å². The number of nitrogens with zero attached hydrogens (tertiary/aromatic N) is 2. The molecule has 0 amide bonds. The van der Waals surface area contributed by atoms with E-state index in [1.807, 2.05) is 11.8 Å². The third-order valence-corrected chi connectivity index (χ3v) is 3.50. The summed E-state index contributed by atoms with van der Waals surface area (Å²) in [5.74, 6) is 1.71. The molecule has 1 unspecified atom stereocenters. The summed E-state index contributed by atoms with van der Waals surface area (Å²) in [4.78, 5) is 11.8. The van der Waals surface area contributed by atoms with Crippen LogP contribution in [-0.4, -0.2) is 33.2 Å². The van der Waals surface area contributed by atoms with E-state index in [0.717, 1.165) is 29.5 Å². The van der Waals surface area contributed by atoms with Crippen LogP contribution in [0.15, 0.2) is 6.20 Å². The fraction of sp³-hybridized carbons (Fsp3) is 0.571. The summed E-state index contributed by atoms with van der Waals surface area (Å²) in [5.41, 5.74) is 0. The number of hydrogen-bond donors (Lipinski definition) is 0. The molecule has 0 bridgehead atoms. The van der Waals surface area contributed by atoms with Crippen LogP contribution in [0.1, 0.15) is 16.1 Å². The van der Waals surface area contributed by atoms with Gasteiger partial charge >= 0.3 is 5.97 Å². The number of carbonyl (C=O) groups excluding carboxylic acids is 1. The molecule has 0 aliphatic carbocycles. The maximum atomic E-state index is 11.4. The first-order valence-corrected chi connectivity index (χ1v) is 5.85. The summed E-state index contributed by atoms with van der Waals surface area (Å²) >= 11 is 2.89. The lowest BCUT2D eigenvalue weighted by molar-refractivity contribution is 0.0362. The first-order chi connectivity index (χ1) is 6.36. The van der Waals surface area contributed by atoms with Crippen LogP contribution < -0.4 is 0 Å². The van der Waals surface area contributed by atoms with Gasteiger partial charge in [-0.1, -0.05) is 4.49 Å². The van der Waals surface area contributed by atoms with Crippen molar-refractivity contribution < 1.29 is 9.53 Å². The minimum atomic E-state index is -0.289. The maximum absolute atomic E-state index is 11.4. The monoisotopic (exact) mass is 216 g/mol. The standard InChI is InChI=1S/C7H8N2O2S2/c10-7(6-3-8-9-13-6)11-5-1-2-12-4-5/h3,5H,1-2,4H2. The van der Waals surface area contributed by atoms with Gasteiger partial charge in [0.15, 0.2) is 4.88 Å². The SMILES string of the molecule is O=C(OC1CCSC1)c1cnns1. The molecule has 1 saturated heterocycles. The summed E-state index contributed by atoms with van der Waals surface area (Å²) < 4.78 is 8.83. The Morgan fingerprint density at radius 2 is 2.62 bits per heavy atom. The molecule has 2 rings (SSSR count). The summed E-state index contributed by atoms with van der Waals surface area (Å²) in [5, 5.41) is 3.58. The second-order valence-corrected chi connectivity index (χ2v) is 4.61. The zero-order valence-electron chi connectivity index (χ0n) is 6.80. The van der Waals surface area contributed by atoms with Gasteiger partial charge in [0.1, 0.15) is 6.10 Å². The lowest BCUT2D eigenvalue weighted by Crippen LogP contribution is -2.16. The van der Waals surface area contributed by atoms with Crippen LogP contribution in [0.2, 0.25) is 0 Å². The molecule has 1 fully saturated rings. The van der Waals surface area contributed by atoms with Crippen LogP contribution in [0.4, 0.5) is 0 Å². The Bertz CT molecular complexity index is 283. The number of ether oxygens (including phenoxy) is 1. The van der Waals surface area contributed by atoms with Gasteiger partial charge < -0.3 is 4.74 Å². The molecule has 1 aliphatic heterocycles. The Morgan fingerprint density at radius 1 is 1.69 bits per heavy atom. The molecule has 4 nitrogen and oxygen atoms in total. The number of rotatable bonds is 2. The molecule has 70 valence electrons. The lowest BCUT2D eigenvalue weighted by atomic mass is 10.3. The number of aromatic nitrogens is 2. The topological polar surface area (TPSA) is 52.1 Å². The van der Waals surface area contributed by atoms with E-state index < -0.39 is 0 Å². The van der Waals surface area contributed by atoms with E-state index in [1.54, 1.807) is 0 Å². The van der Waals surface area contributed by atoms with Gasteiger partial charge in [0.2, 0.25) is 0 Å². The Kier molecular flexibility index (Phi) is 2.80. The molecular weight excluding hydrogens is 208 g/mol. The molecule has 0 radical (unpaired) electrons. The van der Waals surface area contributed by atoms with E-state index in [1.165, 1.54) is 6.20 Å². The molecule has 1 atom stereocenters. The first-order valence-electron chi connectivity index (χ1n) is 3.92. The van der Waals surface area contributed by atoms with Crippen LogP contribution in [0.25, 0.3) is 0 Å². The molecule has 1 aliphatic rings. The molecule has 13 heavy (non-hydrogen) atoms. The number of esters is 1. The molecule has 0 spiro atoms. The van der Waals surface area contributed by atoms with Crippen LogP contribution in [-0.2, 0) is 4.74 Å². The van der Waals surface area contributed by atoms with Gasteiger partial charge in [-0.05, 0) is 23.7 Å². The van der Waals surface area contributed by atoms with Crippen molar-refractivity contribution in [1.29, 1.82) is 0 Å². The van der Waals surface area contributed by atoms with E-state index in [9.17, 15) is 4.79 Å². The highest BCUT2D eigenvalue weighted by Gasteiger charge is 2.21. The molecule has 1 aromatic heterocycles. The van der Waals surface area contributed by atoms with Crippen LogP contribution in [0, 0.1) is 0 Å². The highest BCUT2D eigenvalue weighted by Crippen LogP contribution is 2.21. The van der Waals surface area contributed by atoms with Gasteiger partial charge in [-0.3, -0.25) is 0 Å². The van der Waals surface area contributed by atoms with Crippen molar-refractivity contribution in [3.8, 4) is 0 Å². The fourth-order valence-corrected chi connectivity index (χ4v) is 2.57. The Morgan fingerprint density at radius 3 is 3.23 bits per heavy atom. The fourth-order valence-electron chi connectivity index (χ4n) is 1.07. The molecule has 1 aromatic rings. The summed E-state index contributed by atoms with van der Waals surface area (Å²) in [6, 6.07) is 0. The van der Waals surface area contributed by atoms with Crippen molar-refractivity contribution in [3.63, 3.8) is 0 Å². The van der Waals surface area contributed by atoms with E-state index >= 15 is 0 Å².